The molecule has 106 valence electrons. The molecule has 1 fully saturated rings. The van der Waals surface area contributed by atoms with Crippen LogP contribution in [-0.4, -0.2) is 11.9 Å². The van der Waals surface area contributed by atoms with Gasteiger partial charge in [0.05, 0.1) is 12.5 Å². The van der Waals surface area contributed by atoms with E-state index in [1.807, 2.05) is 18.2 Å². The lowest BCUT2D eigenvalue weighted by molar-refractivity contribution is -0.121. The largest absolute Gasteiger partial charge is 0.340 e. The van der Waals surface area contributed by atoms with Gasteiger partial charge < -0.3 is 5.32 Å². The van der Waals surface area contributed by atoms with Gasteiger partial charge in [0.1, 0.15) is 6.04 Å². The van der Waals surface area contributed by atoms with Gasteiger partial charge in [-0.15, -0.1) is 0 Å². The van der Waals surface area contributed by atoms with Crippen molar-refractivity contribution in [3.05, 3.63) is 34.9 Å². The average molecular weight is 291 g/mol. The van der Waals surface area contributed by atoms with E-state index in [0.717, 1.165) is 31.2 Å². The summed E-state index contributed by atoms with van der Waals surface area (Å²) in [6.07, 6.45) is 5.84. The molecule has 20 heavy (non-hydrogen) atoms. The molecule has 1 aromatic carbocycles. The molecule has 2 rings (SSSR count). The van der Waals surface area contributed by atoms with Crippen molar-refractivity contribution in [2.45, 2.75) is 44.6 Å². The van der Waals surface area contributed by atoms with Crippen molar-refractivity contribution in [1.82, 2.24) is 5.32 Å². The predicted molar refractivity (Wildman–Crippen MR) is 79.3 cm³/mol. The maximum atomic E-state index is 12.1. The van der Waals surface area contributed by atoms with E-state index in [2.05, 4.69) is 11.4 Å². The number of carbonyl (C=O) groups excluding carboxylic acids is 1. The van der Waals surface area contributed by atoms with E-state index < -0.39 is 0 Å². The molecule has 3 nitrogen and oxygen atoms in total. The number of amides is 1. The summed E-state index contributed by atoms with van der Waals surface area (Å²) in [4.78, 5) is 12.1. The van der Waals surface area contributed by atoms with Crippen LogP contribution in [0.25, 0.3) is 0 Å². The van der Waals surface area contributed by atoms with Crippen molar-refractivity contribution in [2.75, 3.05) is 0 Å². The highest BCUT2D eigenvalue weighted by atomic mass is 35.5. The second-order valence-corrected chi connectivity index (χ2v) is 5.75. The highest BCUT2D eigenvalue weighted by Gasteiger charge is 2.24. The van der Waals surface area contributed by atoms with Crippen molar-refractivity contribution in [3.63, 3.8) is 0 Å². The number of nitrogens with one attached hydrogen (secondary N) is 1. The van der Waals surface area contributed by atoms with Crippen molar-refractivity contribution in [1.29, 1.82) is 5.26 Å². The lowest BCUT2D eigenvalue weighted by Crippen LogP contribution is -2.40. The molecule has 0 heterocycles. The lowest BCUT2D eigenvalue weighted by atomic mass is 9.84. The van der Waals surface area contributed by atoms with Crippen LogP contribution < -0.4 is 5.32 Å². The van der Waals surface area contributed by atoms with Gasteiger partial charge in [-0.3, -0.25) is 4.79 Å². The molecule has 0 spiro atoms. The molecule has 1 N–H and O–H groups in total. The Morgan fingerprint density at radius 3 is 2.70 bits per heavy atom. The van der Waals surface area contributed by atoms with Crippen LogP contribution in [0.3, 0.4) is 0 Å². The Morgan fingerprint density at radius 1 is 1.35 bits per heavy atom. The van der Waals surface area contributed by atoms with Gasteiger partial charge >= 0.3 is 0 Å². The minimum Gasteiger partial charge on any atom is -0.340 e. The van der Waals surface area contributed by atoms with E-state index in [1.165, 1.54) is 6.42 Å². The Bertz CT molecular complexity index is 503. The summed E-state index contributed by atoms with van der Waals surface area (Å²) in [5.74, 6) is 0.166. The van der Waals surface area contributed by atoms with Crippen molar-refractivity contribution < 1.29 is 4.79 Å². The summed E-state index contributed by atoms with van der Waals surface area (Å²) in [6.45, 7) is 0. The maximum absolute atomic E-state index is 12.1. The zero-order valence-electron chi connectivity index (χ0n) is 11.4. The van der Waals surface area contributed by atoms with Gasteiger partial charge in [0.15, 0.2) is 0 Å². The molecule has 1 aromatic rings. The smallest absolute Gasteiger partial charge is 0.225 e. The first-order valence-electron chi connectivity index (χ1n) is 7.13. The molecule has 1 aliphatic carbocycles. The standard InChI is InChI=1S/C16H19ClN2O/c17-14-9-5-4-8-13(14)10-16(20)19-15(11-18)12-6-2-1-3-7-12/h4-5,8-9,12,15H,1-3,6-7,10H2,(H,19,20). The number of halogens is 1. The van der Waals surface area contributed by atoms with Crippen molar-refractivity contribution in [2.24, 2.45) is 5.92 Å². The van der Waals surface area contributed by atoms with Crippen LogP contribution in [0.5, 0.6) is 0 Å². The van der Waals surface area contributed by atoms with Gasteiger partial charge in [-0.05, 0) is 30.4 Å². The first-order chi connectivity index (χ1) is 9.70. The third-order valence-electron chi connectivity index (χ3n) is 3.89. The van der Waals surface area contributed by atoms with Gasteiger partial charge in [0.25, 0.3) is 0 Å². The van der Waals surface area contributed by atoms with Crippen molar-refractivity contribution in [3.8, 4) is 6.07 Å². The Balaban J connectivity index is 1.92. The first-order valence-corrected chi connectivity index (χ1v) is 7.51. The molecule has 1 aliphatic rings. The zero-order chi connectivity index (χ0) is 14.4. The number of benzene rings is 1. The molecule has 1 atom stereocenters. The van der Waals surface area contributed by atoms with E-state index in [9.17, 15) is 10.1 Å². The fraction of sp³-hybridized carbons (Fsp3) is 0.500. The van der Waals surface area contributed by atoms with Gasteiger partial charge in [0, 0.05) is 5.02 Å². The molecule has 4 heteroatoms. The minimum atomic E-state index is -0.370. The number of nitriles is 1. The Kier molecular flexibility index (Phi) is 5.43. The summed E-state index contributed by atoms with van der Waals surface area (Å²) >= 11 is 6.04. The van der Waals surface area contributed by atoms with Crippen LogP contribution in [0.4, 0.5) is 0 Å². The highest BCUT2D eigenvalue weighted by Crippen LogP contribution is 2.26. The van der Waals surface area contributed by atoms with Gasteiger partial charge in [-0.25, -0.2) is 0 Å². The van der Waals surface area contributed by atoms with E-state index in [1.54, 1.807) is 6.07 Å². The number of hydrogen-bond donors (Lipinski definition) is 1. The third kappa shape index (κ3) is 3.98. The summed E-state index contributed by atoms with van der Waals surface area (Å²) in [7, 11) is 0. The van der Waals surface area contributed by atoms with E-state index in [-0.39, 0.29) is 18.4 Å². The number of carbonyl (C=O) groups is 1. The van der Waals surface area contributed by atoms with E-state index >= 15 is 0 Å². The lowest BCUT2D eigenvalue weighted by Gasteiger charge is -2.26. The summed E-state index contributed by atoms with van der Waals surface area (Å²) in [5.41, 5.74) is 0.798. The maximum Gasteiger partial charge on any atom is 0.225 e. The molecule has 1 saturated carbocycles. The molecular formula is C16H19ClN2O. The molecule has 0 bridgehead atoms. The van der Waals surface area contributed by atoms with Crippen LogP contribution in [-0.2, 0) is 11.2 Å². The van der Waals surface area contributed by atoms with Crippen LogP contribution in [0, 0.1) is 17.2 Å². The van der Waals surface area contributed by atoms with E-state index in [4.69, 9.17) is 11.6 Å². The molecule has 0 radical (unpaired) electrons. The number of rotatable bonds is 4. The monoisotopic (exact) mass is 290 g/mol. The van der Waals surface area contributed by atoms with Crippen molar-refractivity contribution >= 4 is 17.5 Å². The quantitative estimate of drug-likeness (QED) is 0.923. The predicted octanol–water partition coefficient (Wildman–Crippen LogP) is 3.47. The normalized spacial score (nSPS) is 17.2. The molecule has 0 aliphatic heterocycles. The summed E-state index contributed by atoms with van der Waals surface area (Å²) < 4.78 is 0. The second kappa shape index (κ2) is 7.31. The van der Waals surface area contributed by atoms with Gasteiger partial charge in [-0.2, -0.15) is 5.26 Å². The molecule has 0 saturated heterocycles. The zero-order valence-corrected chi connectivity index (χ0v) is 12.2. The Labute approximate surface area is 124 Å². The molecular weight excluding hydrogens is 272 g/mol. The molecule has 0 aromatic heterocycles. The number of nitrogens with zero attached hydrogens (tertiary/aromatic N) is 1. The van der Waals surface area contributed by atoms with E-state index in [0.29, 0.717) is 10.9 Å². The fourth-order valence-corrected chi connectivity index (χ4v) is 2.96. The Morgan fingerprint density at radius 2 is 2.05 bits per heavy atom. The highest BCUT2D eigenvalue weighted by molar-refractivity contribution is 6.31. The van der Waals surface area contributed by atoms with Gasteiger partial charge in [0.2, 0.25) is 5.91 Å². The first kappa shape index (κ1) is 14.9. The van der Waals surface area contributed by atoms with Crippen LogP contribution in [0.15, 0.2) is 24.3 Å². The Hall–Kier alpha value is -1.53. The molecule has 1 unspecified atom stereocenters. The topological polar surface area (TPSA) is 52.9 Å². The fourth-order valence-electron chi connectivity index (χ4n) is 2.76. The third-order valence-corrected chi connectivity index (χ3v) is 4.25. The minimum absolute atomic E-state index is 0.129. The second-order valence-electron chi connectivity index (χ2n) is 5.34. The van der Waals surface area contributed by atoms with Crippen LogP contribution in [0.2, 0.25) is 5.02 Å². The molecule has 1 amide bonds. The van der Waals surface area contributed by atoms with Crippen LogP contribution in [0.1, 0.15) is 37.7 Å². The van der Waals surface area contributed by atoms with Crippen LogP contribution >= 0.6 is 11.6 Å². The summed E-state index contributed by atoms with van der Waals surface area (Å²) in [6, 6.07) is 9.17. The summed E-state index contributed by atoms with van der Waals surface area (Å²) in [5, 5.41) is 12.7. The average Bonchev–Trinajstić information content (AvgIpc) is 2.48. The van der Waals surface area contributed by atoms with Gasteiger partial charge in [-0.1, -0.05) is 49.1 Å². The number of hydrogen-bond acceptors (Lipinski definition) is 2. The SMILES string of the molecule is N#CC(NC(=O)Cc1ccccc1Cl)C1CCCCC1.